The average Bonchev–Trinajstić information content (AvgIpc) is 3.26. The van der Waals surface area contributed by atoms with E-state index >= 15 is 0 Å². The first-order valence-corrected chi connectivity index (χ1v) is 9.94. The minimum absolute atomic E-state index is 0. The molecular formula is C24H19ClFN5O2. The smallest absolute Gasteiger partial charge is 0.247 e. The molecule has 3 aromatic carbocycles. The molecule has 0 radical (unpaired) electrons. The SMILES string of the molecule is Cc1nnc(-c2ccc3ncnc(Nc4ccc(OCc5ccccc5F)cc4)c3c2)o1.Cl. The van der Waals surface area contributed by atoms with Crippen LogP contribution in [0.15, 0.2) is 77.5 Å². The number of hydrogen-bond acceptors (Lipinski definition) is 7. The number of aryl methyl sites for hydroxylation is 1. The monoisotopic (exact) mass is 463 g/mol. The van der Waals surface area contributed by atoms with E-state index in [-0.39, 0.29) is 24.8 Å². The van der Waals surface area contributed by atoms with Crippen LogP contribution in [0.4, 0.5) is 15.9 Å². The number of rotatable bonds is 6. The Labute approximate surface area is 195 Å². The summed E-state index contributed by atoms with van der Waals surface area (Å²) in [6, 6.07) is 19.6. The van der Waals surface area contributed by atoms with Gasteiger partial charge in [-0.1, -0.05) is 18.2 Å². The third kappa shape index (κ3) is 4.91. The average molecular weight is 464 g/mol. The first-order chi connectivity index (χ1) is 15.7. The lowest BCUT2D eigenvalue weighted by atomic mass is 10.1. The van der Waals surface area contributed by atoms with Crippen molar-refractivity contribution in [1.82, 2.24) is 20.2 Å². The summed E-state index contributed by atoms with van der Waals surface area (Å²) in [5.74, 6) is 1.95. The van der Waals surface area contributed by atoms with Gasteiger partial charge in [-0.2, -0.15) is 0 Å². The Balaban J connectivity index is 0.00000259. The molecule has 5 rings (SSSR count). The molecule has 0 unspecified atom stereocenters. The Morgan fingerprint density at radius 3 is 2.55 bits per heavy atom. The molecule has 7 nitrogen and oxygen atoms in total. The van der Waals surface area contributed by atoms with Crippen LogP contribution in [0.3, 0.4) is 0 Å². The van der Waals surface area contributed by atoms with Crippen molar-refractivity contribution in [2.45, 2.75) is 13.5 Å². The molecule has 0 atom stereocenters. The number of halogens is 2. The van der Waals surface area contributed by atoms with Crippen LogP contribution in [-0.4, -0.2) is 20.2 Å². The van der Waals surface area contributed by atoms with Crippen LogP contribution in [-0.2, 0) is 6.61 Å². The molecule has 2 aromatic heterocycles. The van der Waals surface area contributed by atoms with Crippen LogP contribution in [0.2, 0.25) is 0 Å². The van der Waals surface area contributed by atoms with Crippen molar-refractivity contribution >= 4 is 34.8 Å². The van der Waals surface area contributed by atoms with Crippen molar-refractivity contribution in [3.8, 4) is 17.2 Å². The summed E-state index contributed by atoms with van der Waals surface area (Å²) < 4.78 is 25.0. The van der Waals surface area contributed by atoms with Crippen molar-refractivity contribution in [1.29, 1.82) is 0 Å². The molecule has 0 spiro atoms. The standard InChI is InChI=1S/C24H18FN5O2.ClH/c1-15-29-30-24(32-15)16-6-11-22-20(12-16)23(27-14-26-22)28-18-7-9-19(10-8-18)31-13-17-4-2-3-5-21(17)25;/h2-12,14H,13H2,1H3,(H,26,27,28);1H. The van der Waals surface area contributed by atoms with Crippen LogP contribution < -0.4 is 10.1 Å². The number of anilines is 2. The van der Waals surface area contributed by atoms with Gasteiger partial charge in [-0.05, 0) is 48.5 Å². The molecule has 0 saturated carbocycles. The van der Waals surface area contributed by atoms with E-state index in [4.69, 9.17) is 9.15 Å². The van der Waals surface area contributed by atoms with Gasteiger partial charge in [-0.25, -0.2) is 14.4 Å². The Bertz CT molecular complexity index is 1390. The van der Waals surface area contributed by atoms with Gasteiger partial charge in [-0.15, -0.1) is 22.6 Å². The van der Waals surface area contributed by atoms with Gasteiger partial charge >= 0.3 is 0 Å². The fourth-order valence-corrected chi connectivity index (χ4v) is 3.25. The van der Waals surface area contributed by atoms with Gasteiger partial charge in [0.15, 0.2) is 0 Å². The topological polar surface area (TPSA) is 86.0 Å². The highest BCUT2D eigenvalue weighted by molar-refractivity contribution is 5.93. The Morgan fingerprint density at radius 2 is 1.79 bits per heavy atom. The van der Waals surface area contributed by atoms with Gasteiger partial charge in [0.2, 0.25) is 11.8 Å². The fraction of sp³-hybridized carbons (Fsp3) is 0.0833. The third-order valence-corrected chi connectivity index (χ3v) is 4.88. The van der Waals surface area contributed by atoms with Gasteiger partial charge in [0.1, 0.15) is 30.3 Å². The maximum Gasteiger partial charge on any atom is 0.247 e. The highest BCUT2D eigenvalue weighted by Crippen LogP contribution is 2.28. The van der Waals surface area contributed by atoms with E-state index < -0.39 is 0 Å². The van der Waals surface area contributed by atoms with E-state index in [0.29, 0.717) is 28.9 Å². The molecule has 5 aromatic rings. The van der Waals surface area contributed by atoms with Crippen molar-refractivity contribution in [2.75, 3.05) is 5.32 Å². The highest BCUT2D eigenvalue weighted by atomic mass is 35.5. The summed E-state index contributed by atoms with van der Waals surface area (Å²) in [6.45, 7) is 1.91. The zero-order valence-corrected chi connectivity index (χ0v) is 18.3. The lowest BCUT2D eigenvalue weighted by Crippen LogP contribution is -1.99. The lowest BCUT2D eigenvalue weighted by molar-refractivity contribution is 0.300. The quantitative estimate of drug-likeness (QED) is 0.337. The van der Waals surface area contributed by atoms with E-state index in [2.05, 4.69) is 25.5 Å². The van der Waals surface area contributed by atoms with E-state index in [0.717, 1.165) is 22.2 Å². The summed E-state index contributed by atoms with van der Waals surface area (Å²) in [5.41, 5.74) is 2.90. The molecule has 166 valence electrons. The van der Waals surface area contributed by atoms with Gasteiger partial charge in [0, 0.05) is 29.1 Å². The second-order valence-electron chi connectivity index (χ2n) is 7.11. The molecule has 1 N–H and O–H groups in total. The van der Waals surface area contributed by atoms with Gasteiger partial charge in [0.05, 0.1) is 5.52 Å². The van der Waals surface area contributed by atoms with Crippen LogP contribution in [0.25, 0.3) is 22.4 Å². The maximum atomic E-state index is 13.7. The molecule has 0 aliphatic rings. The van der Waals surface area contributed by atoms with Crippen LogP contribution >= 0.6 is 12.4 Å². The normalized spacial score (nSPS) is 10.6. The fourth-order valence-electron chi connectivity index (χ4n) is 3.25. The number of nitrogens with zero attached hydrogens (tertiary/aromatic N) is 4. The first kappa shape index (κ1) is 22.2. The molecule has 0 amide bonds. The zero-order valence-electron chi connectivity index (χ0n) is 17.5. The highest BCUT2D eigenvalue weighted by Gasteiger charge is 2.11. The van der Waals surface area contributed by atoms with E-state index in [1.165, 1.54) is 12.4 Å². The molecule has 0 fully saturated rings. The summed E-state index contributed by atoms with van der Waals surface area (Å²) in [4.78, 5) is 8.72. The predicted molar refractivity (Wildman–Crippen MR) is 125 cm³/mol. The first-order valence-electron chi connectivity index (χ1n) is 9.94. The largest absolute Gasteiger partial charge is 0.489 e. The zero-order chi connectivity index (χ0) is 21.9. The molecular weight excluding hydrogens is 445 g/mol. The summed E-state index contributed by atoms with van der Waals surface area (Å²) in [6.07, 6.45) is 1.51. The van der Waals surface area contributed by atoms with E-state index in [1.54, 1.807) is 25.1 Å². The van der Waals surface area contributed by atoms with Gasteiger partial charge in [0.25, 0.3) is 0 Å². The minimum atomic E-state index is -0.281. The molecule has 0 aliphatic carbocycles. The van der Waals surface area contributed by atoms with Crippen LogP contribution in [0.1, 0.15) is 11.5 Å². The minimum Gasteiger partial charge on any atom is -0.489 e. The molecule has 0 bridgehead atoms. The van der Waals surface area contributed by atoms with Crippen molar-refractivity contribution in [2.24, 2.45) is 0 Å². The van der Waals surface area contributed by atoms with Crippen LogP contribution in [0, 0.1) is 12.7 Å². The number of nitrogens with one attached hydrogen (secondary N) is 1. The molecule has 2 heterocycles. The number of aromatic nitrogens is 4. The van der Waals surface area contributed by atoms with E-state index in [1.807, 2.05) is 42.5 Å². The third-order valence-electron chi connectivity index (χ3n) is 4.88. The number of ether oxygens (including phenoxy) is 1. The molecule has 0 saturated heterocycles. The van der Waals surface area contributed by atoms with Crippen molar-refractivity contribution < 1.29 is 13.5 Å². The van der Waals surface area contributed by atoms with E-state index in [9.17, 15) is 4.39 Å². The second kappa shape index (κ2) is 9.62. The Hall–Kier alpha value is -4.04. The molecule has 9 heteroatoms. The molecule has 33 heavy (non-hydrogen) atoms. The summed E-state index contributed by atoms with van der Waals surface area (Å²) in [5, 5.41) is 12.1. The van der Waals surface area contributed by atoms with Gasteiger partial charge in [-0.3, -0.25) is 0 Å². The van der Waals surface area contributed by atoms with Crippen LogP contribution in [0.5, 0.6) is 5.75 Å². The van der Waals surface area contributed by atoms with Crippen molar-refractivity contribution in [3.63, 3.8) is 0 Å². The Morgan fingerprint density at radius 1 is 0.970 bits per heavy atom. The summed E-state index contributed by atoms with van der Waals surface area (Å²) in [7, 11) is 0. The lowest BCUT2D eigenvalue weighted by Gasteiger charge is -2.11. The Kier molecular flexibility index (Phi) is 6.46. The predicted octanol–water partition coefficient (Wildman–Crippen LogP) is 5.87. The number of benzene rings is 3. The molecule has 0 aliphatic heterocycles. The number of hydrogen-bond donors (Lipinski definition) is 1. The number of fused-ring (bicyclic) bond motifs is 1. The van der Waals surface area contributed by atoms with Crippen molar-refractivity contribution in [3.05, 3.63) is 90.3 Å². The van der Waals surface area contributed by atoms with Gasteiger partial charge < -0.3 is 14.5 Å². The second-order valence-corrected chi connectivity index (χ2v) is 7.11. The summed E-state index contributed by atoms with van der Waals surface area (Å²) >= 11 is 0. The maximum absolute atomic E-state index is 13.7.